The second-order valence-corrected chi connectivity index (χ2v) is 9.89. The molecule has 8 heteroatoms. The van der Waals surface area contributed by atoms with Crippen LogP contribution in [-0.4, -0.2) is 52.4 Å². The lowest BCUT2D eigenvalue weighted by molar-refractivity contribution is -0.122. The summed E-state index contributed by atoms with van der Waals surface area (Å²) in [6.45, 7) is 0. The highest BCUT2D eigenvalue weighted by atomic mass is 16.2. The zero-order valence-electron chi connectivity index (χ0n) is 23.4. The monoisotopic (exact) mass is 520 g/mol. The molecule has 2 aromatic carbocycles. The molecule has 0 heterocycles. The molecule has 0 bridgehead atoms. The van der Waals surface area contributed by atoms with Crippen LogP contribution in [0.3, 0.4) is 0 Å². The van der Waals surface area contributed by atoms with E-state index in [-0.39, 0.29) is 11.8 Å². The van der Waals surface area contributed by atoms with Gasteiger partial charge >= 0.3 is 0 Å². The molecule has 0 spiro atoms. The minimum Gasteiger partial charge on any atom is -0.378 e. The van der Waals surface area contributed by atoms with E-state index in [9.17, 15) is 9.59 Å². The van der Waals surface area contributed by atoms with Crippen molar-refractivity contribution in [2.45, 2.75) is 64.2 Å². The van der Waals surface area contributed by atoms with E-state index in [1.165, 1.54) is 0 Å². The average molecular weight is 521 g/mol. The number of amides is 2. The summed E-state index contributed by atoms with van der Waals surface area (Å²) in [6, 6.07) is 16.0. The van der Waals surface area contributed by atoms with Crippen molar-refractivity contribution in [2.75, 3.05) is 38.0 Å². The van der Waals surface area contributed by atoms with Crippen LogP contribution in [0.25, 0.3) is 0 Å². The predicted molar refractivity (Wildman–Crippen MR) is 159 cm³/mol. The molecule has 0 radical (unpaired) electrons. The lowest BCUT2D eigenvalue weighted by Gasteiger charge is -2.11. The summed E-state index contributed by atoms with van der Waals surface area (Å²) in [4.78, 5) is 27.9. The van der Waals surface area contributed by atoms with Crippen LogP contribution >= 0.6 is 0 Å². The van der Waals surface area contributed by atoms with Gasteiger partial charge in [0.05, 0.1) is 12.4 Å². The SMILES string of the molecule is CN(C)c1ccc(/C=N/NC(=O)CCCCCCCCCCC(=O)N/N=C/c2ccc(N(C)C)cc2)cc1. The van der Waals surface area contributed by atoms with Gasteiger partial charge in [0.25, 0.3) is 0 Å². The van der Waals surface area contributed by atoms with Crippen LogP contribution in [0, 0.1) is 0 Å². The number of hydrogen-bond donors (Lipinski definition) is 2. The number of hydrogen-bond acceptors (Lipinski definition) is 6. The third kappa shape index (κ3) is 13.0. The summed E-state index contributed by atoms with van der Waals surface area (Å²) in [5, 5.41) is 8.10. The Morgan fingerprint density at radius 2 is 0.895 bits per heavy atom. The fourth-order valence-electron chi connectivity index (χ4n) is 3.82. The molecule has 0 saturated heterocycles. The molecule has 2 N–H and O–H groups in total. The fourth-order valence-corrected chi connectivity index (χ4v) is 3.82. The van der Waals surface area contributed by atoms with Crippen LogP contribution in [0.2, 0.25) is 0 Å². The van der Waals surface area contributed by atoms with Gasteiger partial charge in [-0.15, -0.1) is 0 Å². The number of anilines is 2. The molecule has 206 valence electrons. The first-order chi connectivity index (χ1) is 18.3. The van der Waals surface area contributed by atoms with Gasteiger partial charge in [-0.3, -0.25) is 9.59 Å². The maximum Gasteiger partial charge on any atom is 0.240 e. The summed E-state index contributed by atoms with van der Waals surface area (Å²) in [5.74, 6) is -0.0907. The number of carbonyl (C=O) groups excluding carboxylic acids is 2. The Bertz CT molecular complexity index is 931. The number of benzene rings is 2. The van der Waals surface area contributed by atoms with E-state index >= 15 is 0 Å². The van der Waals surface area contributed by atoms with Gasteiger partial charge in [0, 0.05) is 52.4 Å². The zero-order valence-corrected chi connectivity index (χ0v) is 23.4. The third-order valence-electron chi connectivity index (χ3n) is 6.18. The Morgan fingerprint density at radius 1 is 0.579 bits per heavy atom. The first-order valence-corrected chi connectivity index (χ1v) is 13.5. The highest BCUT2D eigenvalue weighted by Crippen LogP contribution is 2.13. The summed E-state index contributed by atoms with van der Waals surface area (Å²) in [6.07, 6.45) is 12.7. The van der Waals surface area contributed by atoms with Crippen molar-refractivity contribution < 1.29 is 9.59 Å². The van der Waals surface area contributed by atoms with Gasteiger partial charge in [-0.25, -0.2) is 10.9 Å². The Balaban J connectivity index is 1.42. The molecule has 0 unspecified atom stereocenters. The van der Waals surface area contributed by atoms with Crippen LogP contribution in [0.1, 0.15) is 75.3 Å². The highest BCUT2D eigenvalue weighted by Gasteiger charge is 2.02. The fraction of sp³-hybridized carbons (Fsp3) is 0.467. The summed E-state index contributed by atoms with van der Waals surface area (Å²) in [5.41, 5.74) is 9.36. The van der Waals surface area contributed by atoms with Crippen molar-refractivity contribution >= 4 is 35.6 Å². The Morgan fingerprint density at radius 3 is 1.21 bits per heavy atom. The summed E-state index contributed by atoms with van der Waals surface area (Å²) >= 11 is 0. The topological polar surface area (TPSA) is 89.4 Å². The standard InChI is InChI=1S/C30H44N6O2/c1-35(2)27-19-15-25(16-20-27)23-31-33-29(37)13-11-9-7-5-6-8-10-12-14-30(38)34-32-24-26-17-21-28(22-18-26)36(3)4/h15-24H,5-14H2,1-4H3,(H,33,37)(H,34,38)/b31-23+,32-24+. The van der Waals surface area contributed by atoms with Crippen LogP contribution < -0.4 is 20.7 Å². The molecule has 0 aliphatic rings. The smallest absolute Gasteiger partial charge is 0.240 e. The molecular formula is C30H44N6O2. The van der Waals surface area contributed by atoms with Crippen molar-refractivity contribution in [3.8, 4) is 0 Å². The average Bonchev–Trinajstić information content (AvgIpc) is 2.90. The normalized spacial score (nSPS) is 11.2. The van der Waals surface area contributed by atoms with E-state index < -0.39 is 0 Å². The molecule has 0 aliphatic heterocycles. The molecule has 0 aliphatic carbocycles. The van der Waals surface area contributed by atoms with Gasteiger partial charge in [0.2, 0.25) is 11.8 Å². The van der Waals surface area contributed by atoms with Crippen LogP contribution in [0.5, 0.6) is 0 Å². The molecule has 2 aromatic rings. The van der Waals surface area contributed by atoms with Gasteiger partial charge in [0.1, 0.15) is 0 Å². The molecule has 38 heavy (non-hydrogen) atoms. The van der Waals surface area contributed by atoms with Crippen molar-refractivity contribution in [3.05, 3.63) is 59.7 Å². The number of carbonyl (C=O) groups is 2. The molecule has 0 aromatic heterocycles. The molecule has 2 amide bonds. The minimum atomic E-state index is -0.0454. The molecule has 0 atom stereocenters. The van der Waals surface area contributed by atoms with E-state index in [1.54, 1.807) is 12.4 Å². The lowest BCUT2D eigenvalue weighted by atomic mass is 10.1. The van der Waals surface area contributed by atoms with Crippen molar-refractivity contribution in [1.82, 2.24) is 10.9 Å². The Labute approximate surface area is 228 Å². The third-order valence-corrected chi connectivity index (χ3v) is 6.18. The van der Waals surface area contributed by atoms with E-state index in [2.05, 4.69) is 21.1 Å². The van der Waals surface area contributed by atoms with E-state index in [1.807, 2.05) is 86.5 Å². The number of hydrazone groups is 2. The van der Waals surface area contributed by atoms with E-state index in [0.717, 1.165) is 73.9 Å². The highest BCUT2D eigenvalue weighted by molar-refractivity contribution is 5.83. The van der Waals surface area contributed by atoms with Crippen LogP contribution in [-0.2, 0) is 9.59 Å². The summed E-state index contributed by atoms with van der Waals surface area (Å²) < 4.78 is 0. The number of unbranched alkanes of at least 4 members (excludes halogenated alkanes) is 7. The van der Waals surface area contributed by atoms with Gasteiger partial charge < -0.3 is 9.80 Å². The predicted octanol–water partition coefficient (Wildman–Crippen LogP) is 5.32. The van der Waals surface area contributed by atoms with Crippen molar-refractivity contribution in [2.24, 2.45) is 10.2 Å². The van der Waals surface area contributed by atoms with Crippen LogP contribution in [0.4, 0.5) is 11.4 Å². The van der Waals surface area contributed by atoms with Gasteiger partial charge in [-0.1, -0.05) is 62.8 Å². The Kier molecular flexibility index (Phi) is 14.2. The molecule has 0 saturated carbocycles. The zero-order chi connectivity index (χ0) is 27.6. The molecule has 0 fully saturated rings. The summed E-state index contributed by atoms with van der Waals surface area (Å²) in [7, 11) is 7.99. The van der Waals surface area contributed by atoms with Crippen molar-refractivity contribution in [3.63, 3.8) is 0 Å². The second-order valence-electron chi connectivity index (χ2n) is 9.89. The Hall–Kier alpha value is -3.68. The number of nitrogens with one attached hydrogen (secondary N) is 2. The van der Waals surface area contributed by atoms with E-state index in [4.69, 9.17) is 0 Å². The van der Waals surface area contributed by atoms with Crippen molar-refractivity contribution in [1.29, 1.82) is 0 Å². The van der Waals surface area contributed by atoms with Crippen LogP contribution in [0.15, 0.2) is 58.7 Å². The minimum absolute atomic E-state index is 0.0454. The quantitative estimate of drug-likeness (QED) is 0.168. The number of nitrogens with zero attached hydrogens (tertiary/aromatic N) is 4. The largest absolute Gasteiger partial charge is 0.378 e. The maximum atomic E-state index is 11.9. The second kappa shape index (κ2) is 17.7. The van der Waals surface area contributed by atoms with Gasteiger partial charge in [-0.05, 0) is 48.2 Å². The first kappa shape index (κ1) is 30.5. The molecule has 8 nitrogen and oxygen atoms in total. The van der Waals surface area contributed by atoms with Gasteiger partial charge in [0.15, 0.2) is 0 Å². The number of rotatable bonds is 17. The first-order valence-electron chi connectivity index (χ1n) is 13.5. The van der Waals surface area contributed by atoms with E-state index in [0.29, 0.717) is 12.8 Å². The molecular weight excluding hydrogens is 476 g/mol. The maximum absolute atomic E-state index is 11.9. The molecule has 2 rings (SSSR count). The van der Waals surface area contributed by atoms with Gasteiger partial charge in [-0.2, -0.15) is 10.2 Å². The lowest BCUT2D eigenvalue weighted by Crippen LogP contribution is -2.17.